The third kappa shape index (κ3) is 3.08. The van der Waals surface area contributed by atoms with Gasteiger partial charge in [0.05, 0.1) is 13.2 Å². The quantitative estimate of drug-likeness (QED) is 0.829. The summed E-state index contributed by atoms with van der Waals surface area (Å²) in [6.07, 6.45) is 6.28. The van der Waals surface area contributed by atoms with E-state index < -0.39 is 0 Å². The lowest BCUT2D eigenvalue weighted by molar-refractivity contribution is 0.162. The lowest BCUT2D eigenvalue weighted by Gasteiger charge is -2.34. The maximum absolute atomic E-state index is 9.55. The Balaban J connectivity index is 2.21. The molecule has 0 spiro atoms. The molecule has 0 N–H and O–H groups in total. The Labute approximate surface area is 115 Å². The number of nitriles is 1. The largest absolute Gasteiger partial charge is 0.496 e. The van der Waals surface area contributed by atoms with E-state index in [1.807, 2.05) is 24.3 Å². The summed E-state index contributed by atoms with van der Waals surface area (Å²) < 4.78 is 5.39. The van der Waals surface area contributed by atoms with Gasteiger partial charge in [-0.05, 0) is 26.0 Å². The fraction of sp³-hybridized carbons (Fsp3) is 0.562. The number of benzene rings is 1. The standard InChI is InChI=1S/C16H22N2O/c1-18(13-8-4-3-5-9-13)15(12-17)14-10-6-7-11-16(14)19-2/h6-7,10-11,13,15H,3-5,8-9H2,1-2H3. The molecule has 1 aromatic rings. The number of nitrogens with zero attached hydrogens (tertiary/aromatic N) is 2. The number of hydrogen-bond donors (Lipinski definition) is 0. The zero-order valence-electron chi connectivity index (χ0n) is 11.8. The van der Waals surface area contributed by atoms with Gasteiger partial charge >= 0.3 is 0 Å². The Morgan fingerprint density at radius 2 is 1.95 bits per heavy atom. The molecule has 1 aliphatic rings. The van der Waals surface area contributed by atoms with Crippen molar-refractivity contribution in [3.8, 4) is 11.8 Å². The highest BCUT2D eigenvalue weighted by atomic mass is 16.5. The molecule has 0 saturated heterocycles. The molecule has 0 radical (unpaired) electrons. The summed E-state index contributed by atoms with van der Waals surface area (Å²) in [5, 5.41) is 9.55. The molecule has 102 valence electrons. The van der Waals surface area contributed by atoms with E-state index in [9.17, 15) is 5.26 Å². The van der Waals surface area contributed by atoms with E-state index in [4.69, 9.17) is 4.74 Å². The van der Waals surface area contributed by atoms with Crippen molar-refractivity contribution in [1.82, 2.24) is 4.90 Å². The van der Waals surface area contributed by atoms with Crippen molar-refractivity contribution in [1.29, 1.82) is 5.26 Å². The molecule has 0 heterocycles. The minimum atomic E-state index is -0.223. The third-order valence-electron chi connectivity index (χ3n) is 4.11. The Bertz CT molecular complexity index is 446. The predicted molar refractivity (Wildman–Crippen MR) is 76.0 cm³/mol. The second-order valence-corrected chi connectivity index (χ2v) is 5.23. The summed E-state index contributed by atoms with van der Waals surface area (Å²) in [5.74, 6) is 0.803. The first-order valence-corrected chi connectivity index (χ1v) is 7.02. The Kier molecular flexibility index (Phi) is 4.81. The van der Waals surface area contributed by atoms with Crippen molar-refractivity contribution in [2.45, 2.75) is 44.2 Å². The Morgan fingerprint density at radius 3 is 2.58 bits per heavy atom. The van der Waals surface area contributed by atoms with Crippen LogP contribution in [-0.2, 0) is 0 Å². The summed E-state index contributed by atoms with van der Waals surface area (Å²) in [6, 6.07) is 10.6. The van der Waals surface area contributed by atoms with Crippen molar-refractivity contribution in [3.05, 3.63) is 29.8 Å². The van der Waals surface area contributed by atoms with Gasteiger partial charge in [-0.2, -0.15) is 5.26 Å². The van der Waals surface area contributed by atoms with Crippen LogP contribution >= 0.6 is 0 Å². The number of para-hydroxylation sites is 1. The van der Waals surface area contributed by atoms with Crippen LogP contribution in [0.4, 0.5) is 0 Å². The second-order valence-electron chi connectivity index (χ2n) is 5.23. The van der Waals surface area contributed by atoms with Crippen molar-refractivity contribution >= 4 is 0 Å². The van der Waals surface area contributed by atoms with Gasteiger partial charge in [0, 0.05) is 11.6 Å². The normalized spacial score (nSPS) is 18.0. The summed E-state index contributed by atoms with van der Waals surface area (Å²) in [5.41, 5.74) is 0.973. The summed E-state index contributed by atoms with van der Waals surface area (Å²) in [4.78, 5) is 2.22. The molecule has 0 aliphatic heterocycles. The first kappa shape index (κ1) is 13.9. The number of ether oxygens (including phenoxy) is 1. The number of hydrogen-bond acceptors (Lipinski definition) is 3. The highest BCUT2D eigenvalue weighted by molar-refractivity contribution is 5.38. The van der Waals surface area contributed by atoms with Crippen molar-refractivity contribution in [2.75, 3.05) is 14.2 Å². The minimum Gasteiger partial charge on any atom is -0.496 e. The molecule has 1 aliphatic carbocycles. The van der Waals surface area contributed by atoms with Crippen LogP contribution in [0.25, 0.3) is 0 Å². The Morgan fingerprint density at radius 1 is 1.26 bits per heavy atom. The lowest BCUT2D eigenvalue weighted by atomic mass is 9.92. The van der Waals surface area contributed by atoms with Crippen molar-refractivity contribution in [2.24, 2.45) is 0 Å². The van der Waals surface area contributed by atoms with E-state index in [1.165, 1.54) is 32.1 Å². The topological polar surface area (TPSA) is 36.3 Å². The number of rotatable bonds is 4. The fourth-order valence-corrected chi connectivity index (χ4v) is 2.97. The average Bonchev–Trinajstić information content (AvgIpc) is 2.49. The van der Waals surface area contributed by atoms with Crippen LogP contribution in [0, 0.1) is 11.3 Å². The van der Waals surface area contributed by atoms with Crippen molar-refractivity contribution < 1.29 is 4.74 Å². The summed E-state index contributed by atoms with van der Waals surface area (Å²) in [7, 11) is 3.73. The van der Waals surface area contributed by atoms with E-state index in [0.29, 0.717) is 6.04 Å². The van der Waals surface area contributed by atoms with Gasteiger partial charge in [0.25, 0.3) is 0 Å². The maximum Gasteiger partial charge on any atom is 0.127 e. The predicted octanol–water partition coefficient (Wildman–Crippen LogP) is 3.52. The van der Waals surface area contributed by atoms with Gasteiger partial charge in [-0.3, -0.25) is 4.90 Å². The molecule has 0 bridgehead atoms. The van der Waals surface area contributed by atoms with E-state index in [1.54, 1.807) is 7.11 Å². The van der Waals surface area contributed by atoms with E-state index in [2.05, 4.69) is 18.0 Å². The molecule has 1 fully saturated rings. The van der Waals surface area contributed by atoms with Gasteiger partial charge in [0.15, 0.2) is 0 Å². The van der Waals surface area contributed by atoms with Gasteiger partial charge in [-0.25, -0.2) is 0 Å². The lowest BCUT2D eigenvalue weighted by Crippen LogP contribution is -2.36. The van der Waals surface area contributed by atoms with E-state index in [0.717, 1.165) is 11.3 Å². The summed E-state index contributed by atoms with van der Waals surface area (Å²) in [6.45, 7) is 0. The molecular formula is C16H22N2O. The fourth-order valence-electron chi connectivity index (χ4n) is 2.97. The SMILES string of the molecule is COc1ccccc1C(C#N)N(C)C1CCCCC1. The molecule has 2 rings (SSSR count). The molecule has 19 heavy (non-hydrogen) atoms. The van der Waals surface area contributed by atoms with Crippen LogP contribution < -0.4 is 4.74 Å². The molecule has 1 unspecified atom stereocenters. The van der Waals surface area contributed by atoms with Gasteiger partial charge in [-0.15, -0.1) is 0 Å². The van der Waals surface area contributed by atoms with Gasteiger partial charge in [0.1, 0.15) is 11.8 Å². The average molecular weight is 258 g/mol. The third-order valence-corrected chi connectivity index (χ3v) is 4.11. The highest BCUT2D eigenvalue weighted by Gasteiger charge is 2.27. The second kappa shape index (κ2) is 6.58. The molecule has 1 atom stereocenters. The zero-order valence-corrected chi connectivity index (χ0v) is 11.8. The van der Waals surface area contributed by atoms with E-state index >= 15 is 0 Å². The molecular weight excluding hydrogens is 236 g/mol. The van der Waals surface area contributed by atoms with Crippen LogP contribution in [0.5, 0.6) is 5.75 Å². The summed E-state index contributed by atoms with van der Waals surface area (Å²) >= 11 is 0. The van der Waals surface area contributed by atoms with Crippen LogP contribution in [0.3, 0.4) is 0 Å². The van der Waals surface area contributed by atoms with E-state index in [-0.39, 0.29) is 6.04 Å². The van der Waals surface area contributed by atoms with Crippen molar-refractivity contribution in [3.63, 3.8) is 0 Å². The van der Waals surface area contributed by atoms with Gasteiger partial charge < -0.3 is 4.74 Å². The van der Waals surface area contributed by atoms with Gasteiger partial charge in [0.2, 0.25) is 0 Å². The first-order valence-electron chi connectivity index (χ1n) is 7.02. The van der Waals surface area contributed by atoms with Gasteiger partial charge in [-0.1, -0.05) is 37.5 Å². The monoisotopic (exact) mass is 258 g/mol. The molecule has 0 amide bonds. The smallest absolute Gasteiger partial charge is 0.127 e. The maximum atomic E-state index is 9.55. The van der Waals surface area contributed by atoms with Crippen LogP contribution in [0.2, 0.25) is 0 Å². The zero-order chi connectivity index (χ0) is 13.7. The van der Waals surface area contributed by atoms with Crippen LogP contribution in [0.15, 0.2) is 24.3 Å². The molecule has 1 saturated carbocycles. The minimum absolute atomic E-state index is 0.223. The molecule has 3 nitrogen and oxygen atoms in total. The van der Waals surface area contributed by atoms with Crippen LogP contribution in [-0.4, -0.2) is 25.1 Å². The molecule has 3 heteroatoms. The van der Waals surface area contributed by atoms with Crippen LogP contribution in [0.1, 0.15) is 43.7 Å². The Hall–Kier alpha value is -1.53. The molecule has 0 aromatic heterocycles. The molecule has 1 aromatic carbocycles. The number of methoxy groups -OCH3 is 1. The highest BCUT2D eigenvalue weighted by Crippen LogP contribution is 2.32. The first-order chi connectivity index (χ1) is 9.27.